The zero-order chi connectivity index (χ0) is 102. The van der Waals surface area contributed by atoms with Gasteiger partial charge in [0.05, 0.1) is 70.2 Å². The predicted molar refractivity (Wildman–Crippen MR) is 559 cm³/mol. The molecule has 0 radical (unpaired) electrons. The van der Waals surface area contributed by atoms with Gasteiger partial charge >= 0.3 is 11.9 Å². The van der Waals surface area contributed by atoms with Crippen molar-refractivity contribution in [2.45, 2.75) is 389 Å². The van der Waals surface area contributed by atoms with Gasteiger partial charge in [0, 0.05) is 117 Å². The number of nitrogens with zero attached hydrogens (tertiary/aromatic N) is 4. The van der Waals surface area contributed by atoms with Crippen molar-refractivity contribution >= 4 is 24.0 Å². The van der Waals surface area contributed by atoms with Crippen LogP contribution in [0.25, 0.3) is 0 Å². The van der Waals surface area contributed by atoms with Crippen molar-refractivity contribution in [3.8, 4) is 0 Å². The van der Waals surface area contributed by atoms with E-state index in [4.69, 9.17) is 37.9 Å². The van der Waals surface area contributed by atoms with Gasteiger partial charge in [0.25, 0.3) is 0 Å². The van der Waals surface area contributed by atoms with Crippen LogP contribution in [0, 0.1) is 161 Å². The molecule has 35 atom stereocenters. The number of aldehydes is 1. The fourth-order valence-electron chi connectivity index (χ4n) is 34.9. The molecule has 18 fully saturated rings. The molecular weight excluding hydrogens is 1770 g/mol. The summed E-state index contributed by atoms with van der Waals surface area (Å²) in [6, 6.07) is 0. The molecule has 18 aliphatic rings. The van der Waals surface area contributed by atoms with Crippen LogP contribution < -0.4 is 0 Å². The van der Waals surface area contributed by atoms with Gasteiger partial charge in [-0.3, -0.25) is 14.4 Å². The molecule has 5 N–H and O–H groups in total. The van der Waals surface area contributed by atoms with Crippen molar-refractivity contribution in [2.75, 3.05) is 122 Å². The van der Waals surface area contributed by atoms with Crippen LogP contribution in [0.4, 0.5) is 0 Å². The lowest BCUT2D eigenvalue weighted by molar-refractivity contribution is -0.252. The summed E-state index contributed by atoms with van der Waals surface area (Å²) in [6.07, 6.45) is 53.9. The van der Waals surface area contributed by atoms with E-state index in [-0.39, 0.29) is 138 Å². The molecule has 12 unspecified atom stereocenters. The van der Waals surface area contributed by atoms with E-state index in [9.17, 15) is 44.7 Å². The number of likely N-dealkylation sites (N-methyl/N-ethyl adjacent to an activating group) is 4. The highest BCUT2D eigenvalue weighted by Crippen LogP contribution is 2.71. The monoisotopic (exact) mass is 1970 g/mol. The van der Waals surface area contributed by atoms with E-state index in [2.05, 4.69) is 221 Å². The molecular formula is C120H200N4O17. The van der Waals surface area contributed by atoms with Gasteiger partial charge in [-0.1, -0.05) is 170 Å². The third-order valence-corrected chi connectivity index (χ3v) is 44.3. The van der Waals surface area contributed by atoms with Crippen LogP contribution in [0.15, 0.2) is 60.8 Å². The van der Waals surface area contributed by atoms with Gasteiger partial charge in [-0.15, -0.1) is 0 Å². The molecule has 15 aliphatic carbocycles. The predicted octanol–water partition coefficient (Wildman–Crippen LogP) is 20.7. The molecule has 21 nitrogen and oxygen atoms in total. The smallest absolute Gasteiger partial charge is 0.302 e. The van der Waals surface area contributed by atoms with Crippen molar-refractivity contribution < 1.29 is 82.6 Å². The molecule has 0 bridgehead atoms. The van der Waals surface area contributed by atoms with Crippen LogP contribution in [0.3, 0.4) is 0 Å². The first-order valence-corrected chi connectivity index (χ1v) is 57.0. The topological polar surface area (TPSA) is 256 Å². The highest BCUT2D eigenvalue weighted by Gasteiger charge is 2.72. The minimum absolute atomic E-state index is 0.00553. The Balaban J connectivity index is 0.000000140. The Hall–Kier alpha value is -3.62. The maximum Gasteiger partial charge on any atom is 0.302 e. The maximum absolute atomic E-state index is 12.4. The Morgan fingerprint density at radius 3 is 0.972 bits per heavy atom. The summed E-state index contributed by atoms with van der Waals surface area (Å²) in [5.74, 6) is 5.21. The number of esters is 2. The molecule has 15 saturated carbocycles. The molecule has 0 aromatic rings. The summed E-state index contributed by atoms with van der Waals surface area (Å²) < 4.78 is 49.5. The number of hydrogen-bond acceptors (Lipinski definition) is 21. The molecule has 802 valence electrons. The van der Waals surface area contributed by atoms with Gasteiger partial charge in [-0.2, -0.15) is 0 Å². The SMILES string of the molecule is C=C1CCC2[C@H](O)C([C@@]3(C)CC[C@H](O)C[C@@H]3/C=C\CN(C)C)CC[C@]12C.CC(=O)OC1C2CCC3(OCCO3)[C@@]2(C)CCC1[C@@]1(C)CC[C@H](C)C[C@@H]1/C=C\CN(C)C.CC(=O)OC1C2CCC3(OCCO3)[C@@]2(C)CCC1[C@@]1(C)CC[C@H](C)C[C@@H]1C=O.CN(C)C/C=C\[C@H]1C[C@@H](O)CC[C@]1(C)C1CC[C@]2(C)C(=O)CCC2[C@@H]1O.C[C@H]1CC[C@](C)(C2CC[C@@]3(C)C(CCC34OCCO4)[C@@H]2O)[C@@H](/C=C\CN(C)C)C1. The van der Waals surface area contributed by atoms with Gasteiger partial charge in [0.15, 0.2) is 17.4 Å². The molecule has 3 spiro atoms. The van der Waals surface area contributed by atoms with Crippen LogP contribution >= 0.6 is 0 Å². The van der Waals surface area contributed by atoms with E-state index in [0.29, 0.717) is 111 Å². The largest absolute Gasteiger partial charge is 0.462 e. The molecule has 0 aromatic heterocycles. The van der Waals surface area contributed by atoms with Gasteiger partial charge in [-0.05, 0) is 346 Å². The van der Waals surface area contributed by atoms with E-state index in [0.717, 1.165) is 218 Å². The lowest BCUT2D eigenvalue weighted by Gasteiger charge is -2.57. The highest BCUT2D eigenvalue weighted by molar-refractivity contribution is 5.87. The van der Waals surface area contributed by atoms with Gasteiger partial charge in [-0.25, -0.2) is 0 Å². The number of fused-ring (bicyclic) bond motifs is 8. The van der Waals surface area contributed by atoms with Crippen molar-refractivity contribution in [3.05, 3.63) is 60.8 Å². The van der Waals surface area contributed by atoms with Crippen LogP contribution in [-0.4, -0.2) is 251 Å². The van der Waals surface area contributed by atoms with Gasteiger partial charge in [0.1, 0.15) is 24.3 Å². The number of aliphatic hydroxyl groups is 5. The molecule has 3 saturated heterocycles. The van der Waals surface area contributed by atoms with Crippen molar-refractivity contribution in [3.63, 3.8) is 0 Å². The Kier molecular flexibility index (Phi) is 36.2. The number of rotatable bonds is 20. The number of hydrogen-bond donors (Lipinski definition) is 5. The zero-order valence-electron chi connectivity index (χ0n) is 92.6. The summed E-state index contributed by atoms with van der Waals surface area (Å²) in [6.45, 7) is 45.6. The molecule has 0 amide bonds. The first kappa shape index (κ1) is 113. The van der Waals surface area contributed by atoms with Gasteiger partial charge in [0.2, 0.25) is 0 Å². The fourth-order valence-corrected chi connectivity index (χ4v) is 34.9. The second-order valence-electron chi connectivity index (χ2n) is 53.5. The minimum atomic E-state index is -0.521. The molecule has 3 heterocycles. The lowest BCUT2D eigenvalue weighted by atomic mass is 9.51. The fraction of sp³-hybridized carbons (Fsp3) is 0.883. The third-order valence-electron chi connectivity index (χ3n) is 44.3. The first-order valence-electron chi connectivity index (χ1n) is 57.0. The van der Waals surface area contributed by atoms with E-state index in [1.165, 1.54) is 57.3 Å². The standard InChI is InChI=1S/C27H45NO4.C25H43NO3.C23H39NO2.C23H36O5.C22H37NO3/c1-19-9-12-25(3,21(18-19)8-7-15-28(5)6)22-10-13-26(4)23(24(22)32-20(2)29)11-14-27(26)30-16-17-31-27;1-18-8-11-23(2,19(17-18)7-6-14-26(4)5)20-9-12-24(3)21(22(20)27)10-13-25(24)28-15-16-29-25;1-16-8-9-19-21(26)20(11-13-22(16,19)2)23(3)12-10-18(25)15-17(23)7-6-14-24(4)5;1-15-5-8-21(3,17(13-15)14-24)18-6-9-22(4)19(20(18)28-16(2)25)7-10-23(22)26-11-12-27-23;1-21(11-9-16(24)14-15(21)6-5-13-23(3)4)18-10-12-22(2)17(20(18)26)7-8-19(22)25/h7-8,19,21-24H,9-18H2,1-6H3;6-7,18-22,27H,8-17H2,1-5H3;6-7,17-21,25-26H,1,8-15H2,2-5H3;14-15,17-20H,5-13H2,1-4H3;5-6,15-18,20,24,26H,7-14H2,1-4H3/b8-7-;2*7-6-;;6-5-/t19-,21-,22?,23?,24?,25-,26-;18-,19-,20?,21?,22+,23-,24-;17-,18-,19?,20?,21-,22+,23-;15-,17+,18?,19?,20?,21-,22-;15-,16-,17?,18?,20-,21-,22-/m00000/s1. The average molecular weight is 1970 g/mol. The summed E-state index contributed by atoms with van der Waals surface area (Å²) >= 11 is 0. The molecule has 21 heteroatoms. The molecule has 3 aliphatic heterocycles. The van der Waals surface area contributed by atoms with E-state index >= 15 is 0 Å². The highest BCUT2D eigenvalue weighted by atomic mass is 16.8. The number of aliphatic hydroxyl groups excluding tert-OH is 5. The van der Waals surface area contributed by atoms with E-state index < -0.39 is 23.5 Å². The Labute approximate surface area is 853 Å². The van der Waals surface area contributed by atoms with Crippen LogP contribution in [0.5, 0.6) is 0 Å². The maximum atomic E-state index is 12.4. The zero-order valence-corrected chi connectivity index (χ0v) is 92.6. The van der Waals surface area contributed by atoms with Gasteiger partial charge < -0.3 is 87.8 Å². The van der Waals surface area contributed by atoms with Crippen LogP contribution in [-0.2, 0) is 57.1 Å². The first-order chi connectivity index (χ1) is 66.4. The second-order valence-corrected chi connectivity index (χ2v) is 53.5. The average Bonchev–Trinajstić information content (AvgIpc) is 1.55. The Bertz CT molecular complexity index is 4200. The summed E-state index contributed by atoms with van der Waals surface area (Å²) in [4.78, 5) is 57.6. The second kappa shape index (κ2) is 45.1. The molecule has 0 aromatic carbocycles. The number of carbonyl (C=O) groups excluding carboxylic acids is 4. The summed E-state index contributed by atoms with van der Waals surface area (Å²) in [5.41, 5.74) is 1.19. The molecule has 141 heavy (non-hydrogen) atoms. The normalized spacial score (nSPS) is 46.4. The number of ether oxygens (including phenoxy) is 8. The number of carbonyl (C=O) groups is 4. The number of Topliss-reactive ketones (excluding diaryl/α,β-unsaturated/α-hetero) is 1. The molecule has 18 rings (SSSR count). The van der Waals surface area contributed by atoms with E-state index in [1.807, 2.05) is 0 Å². The van der Waals surface area contributed by atoms with Crippen molar-refractivity contribution in [2.24, 2.45) is 161 Å². The summed E-state index contributed by atoms with van der Waals surface area (Å²) in [5, 5.41) is 55.0. The van der Waals surface area contributed by atoms with E-state index in [1.54, 1.807) is 6.92 Å². The van der Waals surface area contributed by atoms with Crippen LogP contribution in [0.2, 0.25) is 0 Å². The van der Waals surface area contributed by atoms with Crippen molar-refractivity contribution in [1.29, 1.82) is 0 Å². The number of ketones is 1. The Morgan fingerprint density at radius 2 is 0.617 bits per heavy atom. The van der Waals surface area contributed by atoms with Crippen molar-refractivity contribution in [1.82, 2.24) is 19.6 Å². The quantitative estimate of drug-likeness (QED) is 0.0431. The third kappa shape index (κ3) is 22.0. The van der Waals surface area contributed by atoms with Crippen LogP contribution in [0.1, 0.15) is 329 Å². The summed E-state index contributed by atoms with van der Waals surface area (Å²) in [7, 11) is 16.8. The Morgan fingerprint density at radius 1 is 0.340 bits per heavy atom. The minimum Gasteiger partial charge on any atom is -0.462 e. The lowest BCUT2D eigenvalue weighted by Crippen LogP contribution is -2.58. The number of allylic oxidation sites excluding steroid dienone is 5.